The van der Waals surface area contributed by atoms with Crippen molar-refractivity contribution >= 4 is 88.7 Å². The van der Waals surface area contributed by atoms with Gasteiger partial charge in [0.1, 0.15) is 0 Å². The monoisotopic (exact) mass is 784 g/mol. The highest BCUT2D eigenvalue weighted by Gasteiger charge is 2.44. The highest BCUT2D eigenvalue weighted by atomic mass is 32.1. The molecule has 3 heterocycles. The molecule has 0 radical (unpaired) electrons. The van der Waals surface area contributed by atoms with E-state index in [9.17, 15) is 0 Å². The van der Waals surface area contributed by atoms with Crippen molar-refractivity contribution in [1.29, 1.82) is 0 Å². The van der Waals surface area contributed by atoms with E-state index in [4.69, 9.17) is 0 Å². The molecule has 10 rings (SSSR count). The Kier molecular flexibility index (Phi) is 8.44. The molecule has 0 atom stereocenters. The molecule has 2 aliphatic heterocycles. The van der Waals surface area contributed by atoms with Gasteiger partial charge in [-0.2, -0.15) is 0 Å². The fourth-order valence-corrected chi connectivity index (χ4v) is 10.5. The first-order chi connectivity index (χ1) is 28.0. The van der Waals surface area contributed by atoms with E-state index in [1.807, 2.05) is 11.3 Å². The van der Waals surface area contributed by atoms with Gasteiger partial charge in [0.25, 0.3) is 6.71 Å². The maximum absolute atomic E-state index is 2.54. The molecule has 0 aliphatic carbocycles. The number of benzene rings is 7. The smallest absolute Gasteiger partial charge is 0.252 e. The Labute approximate surface area is 355 Å². The van der Waals surface area contributed by atoms with Gasteiger partial charge in [0.15, 0.2) is 0 Å². The molecule has 0 N–H and O–H groups in total. The van der Waals surface area contributed by atoms with Gasteiger partial charge in [0.2, 0.25) is 0 Å². The number of fused-ring (bicyclic) bond motifs is 7. The Morgan fingerprint density at radius 3 is 1.44 bits per heavy atom. The molecule has 0 amide bonds. The zero-order valence-corrected chi connectivity index (χ0v) is 37.0. The van der Waals surface area contributed by atoms with Crippen molar-refractivity contribution in [3.05, 3.63) is 162 Å². The Hall–Kier alpha value is -5.58. The lowest BCUT2D eigenvalue weighted by atomic mass is 9.33. The minimum absolute atomic E-state index is 0.00162. The standard InChI is InChI=1S/C55H53BN2S/c1-34-29-48-52-49(30-34)58(41-24-18-37(19-25-41)53(2,3)4)47-27-21-39(55(8,9)10)33-45(47)56(52)44-32-38(54(5,6)7)20-26-46(44)57(48)40-22-15-35(16-23-40)36-17-28-51-43(31-36)42-13-11-12-14-50(42)59-51/h11-33H,1-10H3. The highest BCUT2D eigenvalue weighted by Crippen LogP contribution is 2.46. The molecule has 4 heteroatoms. The molecule has 1 aromatic heterocycles. The van der Waals surface area contributed by atoms with Gasteiger partial charge < -0.3 is 9.80 Å². The second kappa shape index (κ2) is 13.2. The highest BCUT2D eigenvalue weighted by molar-refractivity contribution is 7.25. The molecule has 0 spiro atoms. The molecule has 8 aromatic rings. The molecule has 0 saturated carbocycles. The summed E-state index contributed by atoms with van der Waals surface area (Å²) < 4.78 is 2.67. The first-order valence-corrected chi connectivity index (χ1v) is 22.0. The lowest BCUT2D eigenvalue weighted by Gasteiger charge is -2.45. The molecule has 0 unspecified atom stereocenters. The summed E-state index contributed by atoms with van der Waals surface area (Å²) in [5.74, 6) is 0. The maximum atomic E-state index is 2.54. The Bertz CT molecular complexity index is 2950. The second-order valence-electron chi connectivity index (χ2n) is 20.0. The van der Waals surface area contributed by atoms with Crippen LogP contribution in [0.5, 0.6) is 0 Å². The summed E-state index contributed by atoms with van der Waals surface area (Å²) in [7, 11) is 0. The van der Waals surface area contributed by atoms with E-state index in [0.29, 0.717) is 0 Å². The Morgan fingerprint density at radius 2 is 0.898 bits per heavy atom. The van der Waals surface area contributed by atoms with Crippen LogP contribution in [0, 0.1) is 6.92 Å². The predicted molar refractivity (Wildman–Crippen MR) is 260 cm³/mol. The lowest BCUT2D eigenvalue weighted by molar-refractivity contribution is 0.590. The van der Waals surface area contributed by atoms with Gasteiger partial charge in [0.05, 0.1) is 0 Å². The summed E-state index contributed by atoms with van der Waals surface area (Å²) in [5, 5.41) is 2.66. The van der Waals surface area contributed by atoms with E-state index in [1.165, 1.54) is 104 Å². The van der Waals surface area contributed by atoms with Crippen molar-refractivity contribution in [1.82, 2.24) is 0 Å². The summed E-state index contributed by atoms with van der Waals surface area (Å²) in [4.78, 5) is 5.09. The average Bonchev–Trinajstić information content (AvgIpc) is 3.57. The van der Waals surface area contributed by atoms with Gasteiger partial charge in [-0.25, -0.2) is 0 Å². The van der Waals surface area contributed by atoms with Gasteiger partial charge in [-0.05, 0) is 140 Å². The Morgan fingerprint density at radius 1 is 0.424 bits per heavy atom. The summed E-state index contributed by atoms with van der Waals surface area (Å²) in [6.45, 7) is 23.2. The lowest BCUT2D eigenvalue weighted by Crippen LogP contribution is -2.61. The van der Waals surface area contributed by atoms with Crippen LogP contribution in [-0.4, -0.2) is 6.71 Å². The third-order valence-corrected chi connectivity index (χ3v) is 13.9. The van der Waals surface area contributed by atoms with Crippen LogP contribution in [0.15, 0.2) is 140 Å². The van der Waals surface area contributed by atoms with Crippen LogP contribution in [0.1, 0.15) is 84.6 Å². The van der Waals surface area contributed by atoms with Crippen molar-refractivity contribution < 1.29 is 0 Å². The molecule has 2 nitrogen and oxygen atoms in total. The van der Waals surface area contributed by atoms with Crippen LogP contribution in [0.4, 0.5) is 34.1 Å². The first-order valence-electron chi connectivity index (χ1n) is 21.2. The summed E-state index contributed by atoms with van der Waals surface area (Å²) >= 11 is 1.87. The number of hydrogen-bond acceptors (Lipinski definition) is 3. The number of thiophene rings is 1. The number of aryl methyl sites for hydroxylation is 1. The molecular formula is C55H53BN2S. The van der Waals surface area contributed by atoms with Gasteiger partial charge in [-0.3, -0.25) is 0 Å². The van der Waals surface area contributed by atoms with Gasteiger partial charge in [-0.1, -0.05) is 135 Å². The van der Waals surface area contributed by atoms with Gasteiger partial charge >= 0.3 is 0 Å². The molecule has 59 heavy (non-hydrogen) atoms. The molecule has 0 bridgehead atoms. The maximum Gasteiger partial charge on any atom is 0.252 e. The van der Waals surface area contributed by atoms with E-state index in [1.54, 1.807) is 0 Å². The number of rotatable bonds is 3. The van der Waals surface area contributed by atoms with Gasteiger partial charge in [-0.15, -0.1) is 11.3 Å². The minimum atomic E-state index is -0.00162. The van der Waals surface area contributed by atoms with Crippen LogP contribution < -0.4 is 26.2 Å². The van der Waals surface area contributed by atoms with Crippen LogP contribution in [0.2, 0.25) is 0 Å². The summed E-state index contributed by atoms with van der Waals surface area (Å²) in [5.41, 5.74) is 19.3. The van der Waals surface area contributed by atoms with Gasteiger partial charge in [0, 0.05) is 54.3 Å². The molecular weight excluding hydrogens is 731 g/mol. The first kappa shape index (κ1) is 37.7. The van der Waals surface area contributed by atoms with Crippen molar-refractivity contribution in [3.63, 3.8) is 0 Å². The number of anilines is 6. The summed E-state index contributed by atoms with van der Waals surface area (Å²) in [6.07, 6.45) is 0. The van der Waals surface area contributed by atoms with E-state index >= 15 is 0 Å². The topological polar surface area (TPSA) is 6.48 Å². The van der Waals surface area contributed by atoms with Crippen molar-refractivity contribution in [3.8, 4) is 11.1 Å². The zero-order valence-electron chi connectivity index (χ0n) is 36.2. The van der Waals surface area contributed by atoms with Crippen molar-refractivity contribution in [2.75, 3.05) is 9.80 Å². The molecule has 0 fully saturated rings. The number of hydrogen-bond donors (Lipinski definition) is 0. The van der Waals surface area contributed by atoms with E-state index < -0.39 is 0 Å². The van der Waals surface area contributed by atoms with Crippen LogP contribution in [0.3, 0.4) is 0 Å². The van der Waals surface area contributed by atoms with E-state index in [0.717, 1.165) is 0 Å². The van der Waals surface area contributed by atoms with Crippen LogP contribution in [-0.2, 0) is 16.2 Å². The summed E-state index contributed by atoms with van der Waals surface area (Å²) in [6, 6.07) is 53.7. The van der Waals surface area contributed by atoms with Crippen LogP contribution >= 0.6 is 11.3 Å². The zero-order chi connectivity index (χ0) is 41.2. The Balaban J connectivity index is 1.19. The predicted octanol–water partition coefficient (Wildman–Crippen LogP) is 14.0. The largest absolute Gasteiger partial charge is 0.311 e. The third-order valence-electron chi connectivity index (χ3n) is 12.8. The normalized spacial score (nSPS) is 13.8. The second-order valence-corrected chi connectivity index (χ2v) is 21.1. The molecule has 2 aliphatic rings. The fraction of sp³-hybridized carbons (Fsp3) is 0.236. The molecule has 7 aromatic carbocycles. The molecule has 0 saturated heterocycles. The fourth-order valence-electron chi connectivity index (χ4n) is 9.45. The minimum Gasteiger partial charge on any atom is -0.311 e. The number of nitrogens with zero attached hydrogens (tertiary/aromatic N) is 2. The van der Waals surface area contributed by atoms with E-state index in [-0.39, 0.29) is 23.0 Å². The molecule has 292 valence electrons. The SMILES string of the molecule is Cc1cc2c3c(c1)N(c1ccc(C(C)(C)C)cc1)c1ccc(C(C)(C)C)cc1B3c1cc(C(C)(C)C)ccc1N2c1ccc(-c2ccc3sc4ccccc4c3c2)cc1. The average molecular weight is 785 g/mol. The quantitative estimate of drug-likeness (QED) is 0.165. The van der Waals surface area contributed by atoms with Crippen molar-refractivity contribution in [2.24, 2.45) is 0 Å². The third kappa shape index (κ3) is 6.22. The van der Waals surface area contributed by atoms with E-state index in [2.05, 4.69) is 219 Å². The van der Waals surface area contributed by atoms with Crippen LogP contribution in [0.25, 0.3) is 31.3 Å². The van der Waals surface area contributed by atoms with Crippen molar-refractivity contribution in [2.45, 2.75) is 85.5 Å².